The number of ether oxygens (including phenoxy) is 1. The second-order valence-corrected chi connectivity index (χ2v) is 6.19. The topological polar surface area (TPSA) is 67.4 Å². The summed E-state index contributed by atoms with van der Waals surface area (Å²) < 4.78 is 18.4. The van der Waals surface area contributed by atoms with Crippen molar-refractivity contribution in [3.8, 4) is 6.01 Å². The molecule has 0 saturated carbocycles. The van der Waals surface area contributed by atoms with E-state index >= 15 is 0 Å². The van der Waals surface area contributed by atoms with Crippen LogP contribution in [0.2, 0.25) is 0 Å². The lowest BCUT2D eigenvalue weighted by Crippen LogP contribution is -2.53. The molecule has 0 bridgehead atoms. The Balaban J connectivity index is 1.91. The average Bonchev–Trinajstić information content (AvgIpc) is 2.40. The summed E-state index contributed by atoms with van der Waals surface area (Å²) in [5.74, 6) is -0.503. The van der Waals surface area contributed by atoms with E-state index in [-0.39, 0.29) is 23.7 Å². The Hall–Kier alpha value is -1.92. The van der Waals surface area contributed by atoms with Crippen molar-refractivity contribution in [3.05, 3.63) is 18.2 Å². The van der Waals surface area contributed by atoms with Crippen LogP contribution in [-0.2, 0) is 0 Å². The van der Waals surface area contributed by atoms with Gasteiger partial charge in [0.1, 0.15) is 6.10 Å². The predicted octanol–water partition coefficient (Wildman–Crippen LogP) is 1.97. The van der Waals surface area contributed by atoms with Gasteiger partial charge in [0.2, 0.25) is 0 Å². The second-order valence-electron chi connectivity index (χ2n) is 6.19. The molecule has 1 aromatic rings. The molecule has 0 aliphatic carbocycles. The Labute approximate surface area is 123 Å². The van der Waals surface area contributed by atoms with Crippen LogP contribution >= 0.6 is 0 Å². The molecule has 1 N–H and O–H groups in total. The Bertz CT molecular complexity index is 487. The molecule has 21 heavy (non-hydrogen) atoms. The van der Waals surface area contributed by atoms with Crippen LogP contribution in [0.25, 0.3) is 0 Å². The molecule has 116 valence electrons. The summed E-state index contributed by atoms with van der Waals surface area (Å²) in [6.45, 7) is 6.99. The van der Waals surface area contributed by atoms with Gasteiger partial charge in [-0.05, 0) is 33.6 Å². The third kappa shape index (κ3) is 4.84. The number of urea groups is 1. The maximum absolute atomic E-state index is 12.7. The van der Waals surface area contributed by atoms with Crippen LogP contribution in [0.5, 0.6) is 6.01 Å². The van der Waals surface area contributed by atoms with E-state index < -0.39 is 5.82 Å². The molecule has 1 saturated heterocycles. The van der Waals surface area contributed by atoms with Gasteiger partial charge < -0.3 is 15.0 Å². The molecule has 0 radical (unpaired) electrons. The van der Waals surface area contributed by atoms with Crippen LogP contribution in [0.3, 0.4) is 0 Å². The molecular weight excluding hydrogens is 275 g/mol. The van der Waals surface area contributed by atoms with Crippen molar-refractivity contribution in [2.24, 2.45) is 0 Å². The molecule has 2 rings (SSSR count). The van der Waals surface area contributed by atoms with Gasteiger partial charge in [0.25, 0.3) is 0 Å². The normalized spacial score (nSPS) is 19.2. The first-order chi connectivity index (χ1) is 9.83. The zero-order valence-corrected chi connectivity index (χ0v) is 12.6. The number of nitrogens with one attached hydrogen (secondary N) is 1. The van der Waals surface area contributed by atoms with Gasteiger partial charge in [-0.15, -0.1) is 0 Å². The number of carbonyl (C=O) groups excluding carboxylic acids is 1. The molecule has 2 heterocycles. The molecule has 2 amide bonds. The van der Waals surface area contributed by atoms with Gasteiger partial charge in [-0.3, -0.25) is 0 Å². The number of rotatable bonds is 2. The predicted molar refractivity (Wildman–Crippen MR) is 75.5 cm³/mol. The fourth-order valence-electron chi connectivity index (χ4n) is 2.13. The first-order valence-electron chi connectivity index (χ1n) is 7.05. The number of likely N-dealkylation sites (tertiary alicyclic amines) is 1. The van der Waals surface area contributed by atoms with Crippen molar-refractivity contribution in [2.45, 2.75) is 45.3 Å². The third-order valence-corrected chi connectivity index (χ3v) is 3.02. The number of halogens is 1. The summed E-state index contributed by atoms with van der Waals surface area (Å²) in [6, 6.07) is 0.0373. The third-order valence-electron chi connectivity index (χ3n) is 3.02. The minimum atomic E-state index is -0.503. The number of hydrogen-bond acceptors (Lipinski definition) is 4. The largest absolute Gasteiger partial charge is 0.458 e. The number of hydrogen-bond donors (Lipinski definition) is 1. The zero-order valence-electron chi connectivity index (χ0n) is 12.6. The van der Waals surface area contributed by atoms with Gasteiger partial charge in [-0.2, -0.15) is 0 Å². The smallest absolute Gasteiger partial charge is 0.317 e. The summed E-state index contributed by atoms with van der Waals surface area (Å²) in [4.78, 5) is 21.4. The SMILES string of the molecule is CC(C)(C)NC(=O)N1CCC[C@H](Oc2ncc(F)cn2)C1. The maximum Gasteiger partial charge on any atom is 0.317 e. The van der Waals surface area contributed by atoms with E-state index in [1.807, 2.05) is 20.8 Å². The van der Waals surface area contributed by atoms with E-state index in [1.165, 1.54) is 0 Å². The molecule has 1 aromatic heterocycles. The molecule has 1 fully saturated rings. The van der Waals surface area contributed by atoms with Crippen LogP contribution in [0.15, 0.2) is 12.4 Å². The Kier molecular flexibility index (Phi) is 4.59. The minimum Gasteiger partial charge on any atom is -0.458 e. The fourth-order valence-corrected chi connectivity index (χ4v) is 2.13. The molecule has 1 atom stereocenters. The molecule has 6 nitrogen and oxygen atoms in total. The molecule has 0 spiro atoms. The molecular formula is C14H21FN4O2. The van der Waals surface area contributed by atoms with Gasteiger partial charge in [-0.1, -0.05) is 0 Å². The van der Waals surface area contributed by atoms with Crippen molar-refractivity contribution in [2.75, 3.05) is 13.1 Å². The lowest BCUT2D eigenvalue weighted by Gasteiger charge is -2.34. The van der Waals surface area contributed by atoms with Gasteiger partial charge in [-0.25, -0.2) is 19.2 Å². The van der Waals surface area contributed by atoms with Gasteiger partial charge in [0, 0.05) is 12.1 Å². The fraction of sp³-hybridized carbons (Fsp3) is 0.643. The number of carbonyl (C=O) groups is 1. The summed E-state index contributed by atoms with van der Waals surface area (Å²) in [5, 5.41) is 2.93. The van der Waals surface area contributed by atoms with Crippen molar-refractivity contribution < 1.29 is 13.9 Å². The van der Waals surface area contributed by atoms with E-state index in [1.54, 1.807) is 4.90 Å². The summed E-state index contributed by atoms with van der Waals surface area (Å²) in [5.41, 5.74) is -0.273. The highest BCUT2D eigenvalue weighted by Crippen LogP contribution is 2.16. The molecule has 1 aliphatic rings. The Morgan fingerprint density at radius 3 is 2.71 bits per heavy atom. The van der Waals surface area contributed by atoms with Gasteiger partial charge in [0.15, 0.2) is 5.82 Å². The van der Waals surface area contributed by atoms with Crippen molar-refractivity contribution in [1.29, 1.82) is 0 Å². The standard InChI is InChI=1S/C14H21FN4O2/c1-14(2,3)18-13(20)19-6-4-5-11(9-19)21-12-16-7-10(15)8-17-12/h7-8,11H,4-6,9H2,1-3H3,(H,18,20)/t11-/m0/s1. The highest BCUT2D eigenvalue weighted by Gasteiger charge is 2.27. The van der Waals surface area contributed by atoms with E-state index in [0.29, 0.717) is 13.1 Å². The van der Waals surface area contributed by atoms with E-state index in [2.05, 4.69) is 15.3 Å². The lowest BCUT2D eigenvalue weighted by atomic mass is 10.1. The first kappa shape index (κ1) is 15.5. The van der Waals surface area contributed by atoms with Crippen LogP contribution in [0.4, 0.5) is 9.18 Å². The average molecular weight is 296 g/mol. The zero-order chi connectivity index (χ0) is 15.5. The lowest BCUT2D eigenvalue weighted by molar-refractivity contribution is 0.0914. The van der Waals surface area contributed by atoms with Gasteiger partial charge in [0.05, 0.1) is 18.9 Å². The highest BCUT2D eigenvalue weighted by molar-refractivity contribution is 5.75. The summed E-state index contributed by atoms with van der Waals surface area (Å²) >= 11 is 0. The quantitative estimate of drug-likeness (QED) is 0.906. The van der Waals surface area contributed by atoms with Crippen LogP contribution < -0.4 is 10.1 Å². The number of nitrogens with zero attached hydrogens (tertiary/aromatic N) is 3. The van der Waals surface area contributed by atoms with Crippen LogP contribution in [0.1, 0.15) is 33.6 Å². The van der Waals surface area contributed by atoms with Crippen LogP contribution in [0, 0.1) is 5.82 Å². The van der Waals surface area contributed by atoms with Crippen molar-refractivity contribution >= 4 is 6.03 Å². The minimum absolute atomic E-state index is 0.101. The number of aromatic nitrogens is 2. The highest BCUT2D eigenvalue weighted by atomic mass is 19.1. The van der Waals surface area contributed by atoms with E-state index in [9.17, 15) is 9.18 Å². The van der Waals surface area contributed by atoms with E-state index in [0.717, 1.165) is 25.2 Å². The van der Waals surface area contributed by atoms with Crippen molar-refractivity contribution in [1.82, 2.24) is 20.2 Å². The summed E-state index contributed by atoms with van der Waals surface area (Å²) in [7, 11) is 0. The van der Waals surface area contributed by atoms with E-state index in [4.69, 9.17) is 4.74 Å². The molecule has 0 aromatic carbocycles. The number of amides is 2. The summed E-state index contributed by atoms with van der Waals surface area (Å²) in [6.07, 6.45) is 3.63. The molecule has 1 aliphatic heterocycles. The molecule has 0 unspecified atom stereocenters. The van der Waals surface area contributed by atoms with Gasteiger partial charge >= 0.3 is 12.0 Å². The van der Waals surface area contributed by atoms with Crippen LogP contribution in [-0.4, -0.2) is 45.6 Å². The second kappa shape index (κ2) is 6.24. The molecule has 7 heteroatoms. The maximum atomic E-state index is 12.7. The number of piperidine rings is 1. The van der Waals surface area contributed by atoms with Crippen molar-refractivity contribution in [3.63, 3.8) is 0 Å². The first-order valence-corrected chi connectivity index (χ1v) is 7.05. The Morgan fingerprint density at radius 1 is 1.43 bits per heavy atom. The Morgan fingerprint density at radius 2 is 2.10 bits per heavy atom. The monoisotopic (exact) mass is 296 g/mol.